The van der Waals surface area contributed by atoms with Crippen LogP contribution < -0.4 is 27.8 Å². The number of hydrogen-bond donors (Lipinski definition) is 7. The first-order chi connectivity index (χ1) is 13.6. The summed E-state index contributed by atoms with van der Waals surface area (Å²) in [6.07, 6.45) is 2.20. The molecule has 0 spiro atoms. The van der Waals surface area contributed by atoms with Crippen molar-refractivity contribution in [3.05, 3.63) is 18.2 Å². The summed E-state index contributed by atoms with van der Waals surface area (Å²) in [6, 6.07) is -3.65. The van der Waals surface area contributed by atoms with Crippen molar-refractivity contribution in [2.45, 2.75) is 50.2 Å². The van der Waals surface area contributed by atoms with Gasteiger partial charge in [0.1, 0.15) is 12.1 Å². The van der Waals surface area contributed by atoms with E-state index in [-0.39, 0.29) is 32.1 Å². The second-order valence-electron chi connectivity index (χ2n) is 6.36. The summed E-state index contributed by atoms with van der Waals surface area (Å²) in [5.74, 6) is -4.21. The van der Waals surface area contributed by atoms with Gasteiger partial charge in [-0.25, -0.2) is 9.78 Å². The minimum absolute atomic E-state index is 0.0179. The lowest BCUT2D eigenvalue weighted by molar-refractivity contribution is -0.142. The van der Waals surface area contributed by atoms with Crippen LogP contribution in [0.2, 0.25) is 0 Å². The summed E-state index contributed by atoms with van der Waals surface area (Å²) in [5.41, 5.74) is 16.2. The van der Waals surface area contributed by atoms with E-state index in [0.29, 0.717) is 5.69 Å². The fourth-order valence-electron chi connectivity index (χ4n) is 2.35. The van der Waals surface area contributed by atoms with Crippen molar-refractivity contribution in [3.63, 3.8) is 0 Å². The molecule has 1 aromatic rings. The number of aliphatic carboxylic acids is 1. The zero-order valence-corrected chi connectivity index (χ0v) is 15.6. The quantitative estimate of drug-likeness (QED) is 0.175. The van der Waals surface area contributed by atoms with E-state index in [1.54, 1.807) is 0 Å². The number of aromatic amines is 1. The molecule has 0 aliphatic heterocycles. The molecule has 13 nitrogen and oxygen atoms in total. The van der Waals surface area contributed by atoms with Crippen LogP contribution in [-0.2, 0) is 30.4 Å². The molecule has 1 heterocycles. The lowest BCUT2D eigenvalue weighted by Gasteiger charge is -2.22. The van der Waals surface area contributed by atoms with Gasteiger partial charge in [0.05, 0.1) is 12.4 Å². The number of primary amides is 2. The molecule has 0 saturated heterocycles. The number of carboxylic acid groups (broad SMARTS) is 1. The SMILES string of the molecule is NC(=O)CC[C@H](NC(=O)[C@H](Cc1cnc[nH]1)NC(=O)[C@@H](N)CCC(N)=O)C(=O)O. The summed E-state index contributed by atoms with van der Waals surface area (Å²) in [5, 5.41) is 13.9. The molecule has 0 aliphatic carbocycles. The highest BCUT2D eigenvalue weighted by atomic mass is 16.4. The number of amides is 4. The summed E-state index contributed by atoms with van der Waals surface area (Å²) in [7, 11) is 0. The smallest absolute Gasteiger partial charge is 0.326 e. The second kappa shape index (κ2) is 11.4. The number of nitrogens with two attached hydrogens (primary N) is 3. The van der Waals surface area contributed by atoms with E-state index in [2.05, 4.69) is 20.6 Å². The Morgan fingerprint density at radius 1 is 1.00 bits per heavy atom. The summed E-state index contributed by atoms with van der Waals surface area (Å²) < 4.78 is 0. The van der Waals surface area contributed by atoms with Gasteiger partial charge in [-0.15, -0.1) is 0 Å². The van der Waals surface area contributed by atoms with Crippen LogP contribution in [0.4, 0.5) is 0 Å². The van der Waals surface area contributed by atoms with Gasteiger partial charge in [-0.05, 0) is 12.8 Å². The van der Waals surface area contributed by atoms with E-state index < -0.39 is 47.7 Å². The molecule has 13 heteroatoms. The zero-order valence-electron chi connectivity index (χ0n) is 15.6. The summed E-state index contributed by atoms with van der Waals surface area (Å²) in [4.78, 5) is 64.5. The van der Waals surface area contributed by atoms with Crippen LogP contribution in [-0.4, -0.2) is 62.8 Å². The predicted molar refractivity (Wildman–Crippen MR) is 98.6 cm³/mol. The van der Waals surface area contributed by atoms with Crippen molar-refractivity contribution in [1.29, 1.82) is 0 Å². The Balaban J connectivity index is 2.85. The Hall–Kier alpha value is -3.48. The monoisotopic (exact) mass is 411 g/mol. The largest absolute Gasteiger partial charge is 0.480 e. The molecule has 1 rings (SSSR count). The highest BCUT2D eigenvalue weighted by molar-refractivity contribution is 5.92. The van der Waals surface area contributed by atoms with E-state index in [1.807, 2.05) is 0 Å². The van der Waals surface area contributed by atoms with Crippen LogP contribution in [0, 0.1) is 0 Å². The van der Waals surface area contributed by atoms with Crippen LogP contribution in [0.5, 0.6) is 0 Å². The Kier molecular flexibility index (Phi) is 9.25. The number of carboxylic acids is 1. The molecule has 0 unspecified atom stereocenters. The third-order valence-electron chi connectivity index (χ3n) is 3.94. The van der Waals surface area contributed by atoms with Crippen molar-refractivity contribution < 1.29 is 29.1 Å². The maximum atomic E-state index is 12.6. The van der Waals surface area contributed by atoms with Crippen molar-refractivity contribution in [2.24, 2.45) is 17.2 Å². The topological polar surface area (TPSA) is 236 Å². The maximum Gasteiger partial charge on any atom is 0.326 e. The van der Waals surface area contributed by atoms with Gasteiger partial charge in [-0.2, -0.15) is 0 Å². The van der Waals surface area contributed by atoms with Gasteiger partial charge in [0, 0.05) is 31.2 Å². The highest BCUT2D eigenvalue weighted by Crippen LogP contribution is 2.04. The number of imidazole rings is 1. The molecule has 0 aromatic carbocycles. The number of aromatic nitrogens is 2. The van der Waals surface area contributed by atoms with Crippen molar-refractivity contribution in [3.8, 4) is 0 Å². The third kappa shape index (κ3) is 8.83. The number of H-pyrrole nitrogens is 1. The molecule has 0 aliphatic rings. The fraction of sp³-hybridized carbons (Fsp3) is 0.500. The van der Waals surface area contributed by atoms with Gasteiger partial charge in [-0.3, -0.25) is 19.2 Å². The average Bonchev–Trinajstić information content (AvgIpc) is 3.14. The molecule has 3 atom stereocenters. The van der Waals surface area contributed by atoms with Crippen molar-refractivity contribution in [1.82, 2.24) is 20.6 Å². The first kappa shape index (κ1) is 23.6. The van der Waals surface area contributed by atoms with Gasteiger partial charge in [-0.1, -0.05) is 0 Å². The first-order valence-corrected chi connectivity index (χ1v) is 8.73. The molecule has 1 aromatic heterocycles. The summed E-state index contributed by atoms with van der Waals surface area (Å²) >= 11 is 0. The first-order valence-electron chi connectivity index (χ1n) is 8.73. The third-order valence-corrected chi connectivity index (χ3v) is 3.94. The van der Waals surface area contributed by atoms with Gasteiger partial charge in [0.25, 0.3) is 0 Å². The molecular weight excluding hydrogens is 386 g/mol. The van der Waals surface area contributed by atoms with Crippen LogP contribution in [0.15, 0.2) is 12.5 Å². The molecule has 160 valence electrons. The molecule has 0 saturated carbocycles. The number of hydrogen-bond acceptors (Lipinski definition) is 7. The number of carbonyl (C=O) groups excluding carboxylic acids is 4. The number of nitrogens with zero attached hydrogens (tertiary/aromatic N) is 1. The van der Waals surface area contributed by atoms with E-state index in [4.69, 9.17) is 17.2 Å². The lowest BCUT2D eigenvalue weighted by atomic mass is 10.1. The van der Waals surface area contributed by atoms with E-state index in [0.717, 1.165) is 0 Å². The van der Waals surface area contributed by atoms with E-state index in [9.17, 15) is 29.1 Å². The molecule has 29 heavy (non-hydrogen) atoms. The molecule has 0 bridgehead atoms. The molecule has 4 amide bonds. The standard InChI is InChI=1S/C16H25N7O6/c17-9(1-3-12(18)24)14(26)23-11(5-8-6-20-7-21-8)15(27)22-10(16(28)29)2-4-13(19)25/h6-7,9-11H,1-5,17H2,(H2,18,24)(H2,19,25)(H,20,21)(H,22,27)(H,23,26)(H,28,29)/t9-,10-,11-/m0/s1. The van der Waals surface area contributed by atoms with Crippen molar-refractivity contribution in [2.75, 3.05) is 0 Å². The minimum atomic E-state index is -1.38. The number of nitrogens with one attached hydrogen (secondary N) is 3. The van der Waals surface area contributed by atoms with Crippen LogP contribution >= 0.6 is 0 Å². The van der Waals surface area contributed by atoms with Gasteiger partial charge in [0.15, 0.2) is 0 Å². The second-order valence-corrected chi connectivity index (χ2v) is 6.36. The number of carbonyl (C=O) groups is 5. The van der Waals surface area contributed by atoms with Crippen LogP contribution in [0.1, 0.15) is 31.4 Å². The Morgan fingerprint density at radius 2 is 1.59 bits per heavy atom. The minimum Gasteiger partial charge on any atom is -0.480 e. The van der Waals surface area contributed by atoms with Gasteiger partial charge in [0.2, 0.25) is 23.6 Å². The molecule has 0 fully saturated rings. The molecular formula is C16H25N7O6. The van der Waals surface area contributed by atoms with Gasteiger partial charge < -0.3 is 37.9 Å². The Bertz CT molecular complexity index is 736. The van der Waals surface area contributed by atoms with Crippen molar-refractivity contribution >= 4 is 29.6 Å². The Morgan fingerprint density at radius 3 is 2.10 bits per heavy atom. The normalized spacial score (nSPS) is 13.7. The van der Waals surface area contributed by atoms with E-state index in [1.165, 1.54) is 12.5 Å². The number of rotatable bonds is 13. The molecule has 0 radical (unpaired) electrons. The summed E-state index contributed by atoms with van der Waals surface area (Å²) in [6.45, 7) is 0. The van der Waals surface area contributed by atoms with E-state index >= 15 is 0 Å². The fourth-order valence-corrected chi connectivity index (χ4v) is 2.35. The lowest BCUT2D eigenvalue weighted by Crippen LogP contribution is -2.55. The van der Waals surface area contributed by atoms with Gasteiger partial charge >= 0.3 is 5.97 Å². The van der Waals surface area contributed by atoms with Crippen LogP contribution in [0.3, 0.4) is 0 Å². The maximum absolute atomic E-state index is 12.6. The zero-order chi connectivity index (χ0) is 22.0. The Labute approximate surface area is 165 Å². The predicted octanol–water partition coefficient (Wildman–Crippen LogP) is -3.14. The average molecular weight is 411 g/mol. The van der Waals surface area contributed by atoms with Crippen LogP contribution in [0.25, 0.3) is 0 Å². The highest BCUT2D eigenvalue weighted by Gasteiger charge is 2.28. The molecule has 10 N–H and O–H groups in total.